The maximum atomic E-state index is 13.9. The normalized spacial score (nSPS) is 14.2. The Labute approximate surface area is 172 Å². The number of hydrogen-bond acceptors (Lipinski definition) is 6. The van der Waals surface area contributed by atoms with Gasteiger partial charge in [0, 0.05) is 57.1 Å². The number of nitrogens with one attached hydrogen (secondary N) is 2. The monoisotopic (exact) mass is 415 g/mol. The third-order valence-electron chi connectivity index (χ3n) is 4.80. The van der Waals surface area contributed by atoms with Crippen molar-refractivity contribution in [3.05, 3.63) is 64.5 Å². The number of halogens is 1. The van der Waals surface area contributed by atoms with E-state index in [1.165, 1.54) is 30.3 Å². The number of carbonyl (C=O) groups is 2. The molecular formula is C20H22FN5O4. The molecule has 3 rings (SSSR count). The summed E-state index contributed by atoms with van der Waals surface area (Å²) in [6.45, 7) is 3.60. The molecule has 30 heavy (non-hydrogen) atoms. The Morgan fingerprint density at radius 3 is 2.47 bits per heavy atom. The third kappa shape index (κ3) is 5.51. The van der Waals surface area contributed by atoms with E-state index < -0.39 is 16.7 Å². The molecule has 0 saturated carbocycles. The van der Waals surface area contributed by atoms with Gasteiger partial charge in [-0.25, -0.2) is 4.39 Å². The largest absolute Gasteiger partial charge is 0.367 e. The van der Waals surface area contributed by atoms with E-state index in [9.17, 15) is 24.1 Å². The smallest absolute Gasteiger partial charge is 0.313 e. The van der Waals surface area contributed by atoms with Crippen molar-refractivity contribution in [2.24, 2.45) is 0 Å². The first-order chi connectivity index (χ1) is 14.4. The molecule has 158 valence electrons. The lowest BCUT2D eigenvalue weighted by atomic mass is 10.2. The van der Waals surface area contributed by atoms with Gasteiger partial charge in [-0.2, -0.15) is 0 Å². The molecule has 1 aliphatic rings. The van der Waals surface area contributed by atoms with E-state index in [0.717, 1.165) is 0 Å². The predicted octanol–water partition coefficient (Wildman–Crippen LogP) is 1.61. The molecule has 0 atom stereocenters. The topological polar surface area (TPSA) is 108 Å². The number of para-hydroxylation sites is 1. The molecule has 2 aromatic carbocycles. The first-order valence-corrected chi connectivity index (χ1v) is 9.49. The van der Waals surface area contributed by atoms with Crippen LogP contribution in [0, 0.1) is 15.9 Å². The minimum absolute atomic E-state index is 0.175. The standard InChI is InChI=1S/C20H22FN5O4/c21-17-6-1-2-7-18(17)25-12-10-24(11-13-25)9-8-22-19(27)20(28)23-15-4-3-5-16(14-15)26(29)30/h1-7,14H,8-13H2,(H,22,27)(H,23,28). The zero-order valence-electron chi connectivity index (χ0n) is 16.2. The maximum Gasteiger partial charge on any atom is 0.313 e. The second-order valence-electron chi connectivity index (χ2n) is 6.80. The summed E-state index contributed by atoms with van der Waals surface area (Å²) < 4.78 is 13.9. The molecule has 1 aliphatic heterocycles. The predicted molar refractivity (Wildman–Crippen MR) is 110 cm³/mol. The highest BCUT2D eigenvalue weighted by Crippen LogP contribution is 2.20. The number of carbonyl (C=O) groups excluding carboxylic acids is 2. The molecule has 1 fully saturated rings. The summed E-state index contributed by atoms with van der Waals surface area (Å²) in [5.41, 5.74) is 0.583. The van der Waals surface area contributed by atoms with Crippen molar-refractivity contribution in [1.82, 2.24) is 10.2 Å². The van der Waals surface area contributed by atoms with E-state index in [2.05, 4.69) is 15.5 Å². The van der Waals surface area contributed by atoms with Crippen molar-refractivity contribution in [3.8, 4) is 0 Å². The molecule has 2 aromatic rings. The molecule has 0 radical (unpaired) electrons. The van der Waals surface area contributed by atoms with Gasteiger partial charge in [0.05, 0.1) is 10.6 Å². The second-order valence-corrected chi connectivity index (χ2v) is 6.80. The Morgan fingerprint density at radius 1 is 1.03 bits per heavy atom. The van der Waals surface area contributed by atoms with Gasteiger partial charge in [-0.1, -0.05) is 18.2 Å². The molecule has 0 unspecified atom stereocenters. The van der Waals surface area contributed by atoms with Crippen LogP contribution in [0.4, 0.5) is 21.5 Å². The van der Waals surface area contributed by atoms with Crippen molar-refractivity contribution in [2.45, 2.75) is 0 Å². The number of amides is 2. The van der Waals surface area contributed by atoms with Crippen molar-refractivity contribution in [1.29, 1.82) is 0 Å². The van der Waals surface area contributed by atoms with Crippen LogP contribution in [0.5, 0.6) is 0 Å². The highest BCUT2D eigenvalue weighted by Gasteiger charge is 2.20. The van der Waals surface area contributed by atoms with Crippen LogP contribution in [0.15, 0.2) is 48.5 Å². The molecule has 10 heteroatoms. The number of anilines is 2. The van der Waals surface area contributed by atoms with Crippen LogP contribution in [0.3, 0.4) is 0 Å². The van der Waals surface area contributed by atoms with Gasteiger partial charge in [0.1, 0.15) is 5.82 Å². The molecule has 0 aromatic heterocycles. The van der Waals surface area contributed by atoms with Crippen LogP contribution < -0.4 is 15.5 Å². The summed E-state index contributed by atoms with van der Waals surface area (Å²) in [5.74, 6) is -1.95. The SMILES string of the molecule is O=C(NCCN1CCN(c2ccccc2F)CC1)C(=O)Nc1cccc([N+](=O)[O-])c1. The van der Waals surface area contributed by atoms with Crippen LogP contribution in [-0.2, 0) is 9.59 Å². The molecular weight excluding hydrogens is 393 g/mol. The fourth-order valence-electron chi connectivity index (χ4n) is 3.21. The van der Waals surface area contributed by atoms with E-state index in [1.807, 2.05) is 4.90 Å². The third-order valence-corrected chi connectivity index (χ3v) is 4.80. The lowest BCUT2D eigenvalue weighted by molar-refractivity contribution is -0.384. The summed E-state index contributed by atoms with van der Waals surface area (Å²) in [5, 5.41) is 15.7. The van der Waals surface area contributed by atoms with Crippen LogP contribution in [0.2, 0.25) is 0 Å². The first-order valence-electron chi connectivity index (χ1n) is 9.49. The van der Waals surface area contributed by atoms with Gasteiger partial charge in [0.15, 0.2) is 0 Å². The molecule has 1 heterocycles. The van der Waals surface area contributed by atoms with E-state index in [4.69, 9.17) is 0 Å². The summed E-state index contributed by atoms with van der Waals surface area (Å²) in [7, 11) is 0. The lowest BCUT2D eigenvalue weighted by Gasteiger charge is -2.36. The van der Waals surface area contributed by atoms with Gasteiger partial charge in [0.25, 0.3) is 5.69 Å². The van der Waals surface area contributed by atoms with Gasteiger partial charge in [0.2, 0.25) is 0 Å². The van der Waals surface area contributed by atoms with Crippen molar-refractivity contribution in [3.63, 3.8) is 0 Å². The second kappa shape index (κ2) is 9.79. The van der Waals surface area contributed by atoms with Crippen molar-refractivity contribution in [2.75, 3.05) is 49.5 Å². The maximum absolute atomic E-state index is 13.9. The Kier molecular flexibility index (Phi) is 6.91. The molecule has 0 aliphatic carbocycles. The van der Waals surface area contributed by atoms with E-state index >= 15 is 0 Å². The number of benzene rings is 2. The zero-order chi connectivity index (χ0) is 21.5. The van der Waals surface area contributed by atoms with Gasteiger partial charge in [-0.05, 0) is 18.2 Å². The quantitative estimate of drug-likeness (QED) is 0.422. The van der Waals surface area contributed by atoms with Crippen LogP contribution in [-0.4, -0.2) is 60.9 Å². The Morgan fingerprint density at radius 2 is 1.77 bits per heavy atom. The van der Waals surface area contributed by atoms with E-state index in [-0.39, 0.29) is 23.7 Å². The number of nitro benzene ring substituents is 1. The number of hydrogen-bond donors (Lipinski definition) is 2. The summed E-state index contributed by atoms with van der Waals surface area (Å²) in [4.78, 5) is 38.2. The average molecular weight is 415 g/mol. The minimum Gasteiger partial charge on any atom is -0.367 e. The lowest BCUT2D eigenvalue weighted by Crippen LogP contribution is -2.49. The first kappa shape index (κ1) is 21.2. The number of piperazine rings is 1. The molecule has 0 spiro atoms. The van der Waals surface area contributed by atoms with Crippen LogP contribution in [0.25, 0.3) is 0 Å². The highest BCUT2D eigenvalue weighted by atomic mass is 19.1. The van der Waals surface area contributed by atoms with Crippen molar-refractivity contribution < 1.29 is 18.9 Å². The average Bonchev–Trinajstić information content (AvgIpc) is 2.75. The molecule has 0 bridgehead atoms. The van der Waals surface area contributed by atoms with Gasteiger partial charge in [-0.15, -0.1) is 0 Å². The van der Waals surface area contributed by atoms with Gasteiger partial charge < -0.3 is 15.5 Å². The number of nitro groups is 1. The fraction of sp³-hybridized carbons (Fsp3) is 0.300. The Hall–Kier alpha value is -3.53. The molecule has 2 N–H and O–H groups in total. The number of non-ortho nitro benzene ring substituents is 1. The fourth-order valence-corrected chi connectivity index (χ4v) is 3.21. The van der Waals surface area contributed by atoms with Crippen LogP contribution >= 0.6 is 0 Å². The minimum atomic E-state index is -0.889. The highest BCUT2D eigenvalue weighted by molar-refractivity contribution is 6.39. The van der Waals surface area contributed by atoms with Gasteiger partial charge in [-0.3, -0.25) is 24.6 Å². The van der Waals surface area contributed by atoms with Crippen LogP contribution in [0.1, 0.15) is 0 Å². The summed E-state index contributed by atoms with van der Waals surface area (Å²) in [6.07, 6.45) is 0. The van der Waals surface area contributed by atoms with Gasteiger partial charge >= 0.3 is 11.8 Å². The van der Waals surface area contributed by atoms with E-state index in [0.29, 0.717) is 38.4 Å². The number of nitrogens with zero attached hydrogens (tertiary/aromatic N) is 3. The van der Waals surface area contributed by atoms with Crippen molar-refractivity contribution >= 4 is 28.9 Å². The Bertz CT molecular complexity index is 931. The molecule has 2 amide bonds. The van der Waals surface area contributed by atoms with E-state index in [1.54, 1.807) is 18.2 Å². The number of rotatable bonds is 6. The molecule has 9 nitrogen and oxygen atoms in total. The summed E-state index contributed by atoms with van der Waals surface area (Å²) >= 11 is 0. The zero-order valence-corrected chi connectivity index (χ0v) is 16.2. The summed E-state index contributed by atoms with van der Waals surface area (Å²) in [6, 6.07) is 12.0. The molecule has 1 saturated heterocycles. The Balaban J connectivity index is 1.40.